The van der Waals surface area contributed by atoms with Crippen LogP contribution >= 0.6 is 45.8 Å². The summed E-state index contributed by atoms with van der Waals surface area (Å²) in [5.41, 5.74) is 1.40. The molecule has 4 amide bonds. The van der Waals surface area contributed by atoms with Crippen LogP contribution in [0.25, 0.3) is 0 Å². The molecule has 0 radical (unpaired) electrons. The van der Waals surface area contributed by atoms with E-state index < -0.39 is 46.8 Å². The molecule has 8 rings (SSSR count). The van der Waals surface area contributed by atoms with Crippen LogP contribution < -0.4 is 9.80 Å². The first-order valence-corrected chi connectivity index (χ1v) is 17.5. The van der Waals surface area contributed by atoms with Crippen molar-refractivity contribution in [1.29, 1.82) is 0 Å². The van der Waals surface area contributed by atoms with Gasteiger partial charge in [-0.15, -0.1) is 0 Å². The van der Waals surface area contributed by atoms with Gasteiger partial charge < -0.3 is 5.11 Å². The molecule has 7 nitrogen and oxygen atoms in total. The van der Waals surface area contributed by atoms with Crippen molar-refractivity contribution >= 4 is 80.8 Å². The van der Waals surface area contributed by atoms with Crippen LogP contribution in [0.1, 0.15) is 29.9 Å². The van der Waals surface area contributed by atoms with E-state index in [1.54, 1.807) is 42.5 Å². The number of phenolic OH excluding ortho intramolecular Hbond substituents is 1. The third-order valence-corrected chi connectivity index (χ3v) is 11.8. The van der Waals surface area contributed by atoms with E-state index in [1.165, 1.54) is 21.9 Å². The zero-order chi connectivity index (χ0) is 33.5. The van der Waals surface area contributed by atoms with Gasteiger partial charge in [-0.3, -0.25) is 24.1 Å². The first-order valence-electron chi connectivity index (χ1n) is 15.6. The van der Waals surface area contributed by atoms with E-state index in [0.29, 0.717) is 33.9 Å². The number of rotatable bonds is 4. The van der Waals surface area contributed by atoms with E-state index in [-0.39, 0.29) is 29.0 Å². The van der Waals surface area contributed by atoms with Gasteiger partial charge in [0.05, 0.1) is 34.5 Å². The van der Waals surface area contributed by atoms with Gasteiger partial charge in [0, 0.05) is 19.5 Å². The molecule has 10 heteroatoms. The number of amides is 4. The zero-order valence-corrected chi connectivity index (χ0v) is 28.9. The highest BCUT2D eigenvalue weighted by Gasteiger charge is 2.70. The van der Waals surface area contributed by atoms with Crippen molar-refractivity contribution in [3.63, 3.8) is 0 Å². The number of phenols is 1. The average molecular weight is 789 g/mol. The quantitative estimate of drug-likeness (QED) is 0.130. The Hall–Kier alpha value is -3.99. The van der Waals surface area contributed by atoms with Gasteiger partial charge in [-0.25, -0.2) is 4.90 Å². The molecule has 6 atom stereocenters. The number of hydrogen-bond donors (Lipinski definition) is 1. The topological polar surface area (TPSA) is 95.0 Å². The van der Waals surface area contributed by atoms with Gasteiger partial charge in [0.15, 0.2) is 0 Å². The molecule has 2 saturated heterocycles. The van der Waals surface area contributed by atoms with E-state index in [4.69, 9.17) is 23.2 Å². The normalized spacial score (nSPS) is 27.9. The summed E-state index contributed by atoms with van der Waals surface area (Å²) in [5.74, 6) is -5.00. The molecule has 2 aliphatic carbocycles. The highest BCUT2D eigenvalue weighted by molar-refractivity contribution is 14.1. The number of anilines is 2. The zero-order valence-electron chi connectivity index (χ0n) is 25.2. The molecule has 2 aliphatic heterocycles. The lowest BCUT2D eigenvalue weighted by molar-refractivity contribution is -0.127. The van der Waals surface area contributed by atoms with E-state index >= 15 is 4.79 Å². The van der Waals surface area contributed by atoms with Crippen LogP contribution in [0.5, 0.6) is 5.75 Å². The smallest absolute Gasteiger partial charge is 0.246 e. The summed E-state index contributed by atoms with van der Waals surface area (Å²) in [6, 6.07) is 27.8. The van der Waals surface area contributed by atoms with Crippen LogP contribution in [-0.2, 0) is 24.6 Å². The van der Waals surface area contributed by atoms with Gasteiger partial charge in [-0.05, 0) is 107 Å². The van der Waals surface area contributed by atoms with Crippen molar-refractivity contribution in [3.8, 4) is 5.75 Å². The van der Waals surface area contributed by atoms with Crippen molar-refractivity contribution in [2.45, 2.75) is 24.2 Å². The van der Waals surface area contributed by atoms with Gasteiger partial charge in [0.1, 0.15) is 5.75 Å². The van der Waals surface area contributed by atoms with E-state index in [0.717, 1.165) is 9.14 Å². The van der Waals surface area contributed by atoms with Crippen molar-refractivity contribution in [1.82, 2.24) is 0 Å². The van der Waals surface area contributed by atoms with Crippen molar-refractivity contribution in [2.24, 2.45) is 23.7 Å². The number of hydrogen-bond acceptors (Lipinski definition) is 5. The summed E-state index contributed by atoms with van der Waals surface area (Å²) in [6.45, 7) is 0. The van der Waals surface area contributed by atoms with Crippen LogP contribution in [0.3, 0.4) is 0 Å². The number of carbonyl (C=O) groups excluding carboxylic acids is 4. The molecular weight excluding hydrogens is 762 g/mol. The monoisotopic (exact) mass is 788 g/mol. The lowest BCUT2D eigenvalue weighted by Gasteiger charge is -2.51. The molecular formula is C38H27Cl2IN2O5. The summed E-state index contributed by atoms with van der Waals surface area (Å²) < 4.78 is 0.976. The summed E-state index contributed by atoms with van der Waals surface area (Å²) in [7, 11) is 0. The molecule has 1 saturated carbocycles. The predicted molar refractivity (Wildman–Crippen MR) is 191 cm³/mol. The number of fused-ring (bicyclic) bond motifs is 4. The van der Waals surface area contributed by atoms with Crippen LogP contribution in [0.15, 0.2) is 109 Å². The van der Waals surface area contributed by atoms with Crippen molar-refractivity contribution in [2.75, 3.05) is 9.80 Å². The third-order valence-electron chi connectivity index (χ3n) is 10.5. The number of imide groups is 2. The first kappa shape index (κ1) is 31.3. The molecule has 0 spiro atoms. The fourth-order valence-corrected chi connectivity index (χ4v) is 9.51. The van der Waals surface area contributed by atoms with E-state index in [1.807, 2.05) is 48.5 Å². The maximum absolute atomic E-state index is 15.2. The van der Waals surface area contributed by atoms with Gasteiger partial charge in [-0.2, -0.15) is 0 Å². The average Bonchev–Trinajstić information content (AvgIpc) is 3.46. The molecule has 48 heavy (non-hydrogen) atoms. The highest BCUT2D eigenvalue weighted by atomic mass is 127. The van der Waals surface area contributed by atoms with Crippen LogP contribution in [-0.4, -0.2) is 28.7 Å². The number of carbonyl (C=O) groups is 4. The Labute approximate surface area is 300 Å². The molecule has 240 valence electrons. The Balaban J connectivity index is 1.36. The Morgan fingerprint density at radius 1 is 0.750 bits per heavy atom. The summed E-state index contributed by atoms with van der Waals surface area (Å²) in [6.07, 6.45) is 2.46. The Kier molecular flexibility index (Phi) is 7.54. The number of allylic oxidation sites excluding steroid dienone is 2. The molecule has 2 heterocycles. The predicted octanol–water partition coefficient (Wildman–Crippen LogP) is 7.67. The fourth-order valence-electron chi connectivity index (χ4n) is 8.68. The summed E-state index contributed by atoms with van der Waals surface area (Å²) >= 11 is 15.5. The van der Waals surface area contributed by atoms with Gasteiger partial charge in [0.2, 0.25) is 23.6 Å². The highest BCUT2D eigenvalue weighted by Crippen LogP contribution is 2.65. The van der Waals surface area contributed by atoms with Crippen molar-refractivity contribution < 1.29 is 24.3 Å². The minimum absolute atomic E-state index is 0.0433. The molecule has 4 aliphatic rings. The van der Waals surface area contributed by atoms with Crippen LogP contribution in [0.4, 0.5) is 11.4 Å². The van der Waals surface area contributed by atoms with Gasteiger partial charge in [-0.1, -0.05) is 77.3 Å². The number of benzene rings is 4. The molecule has 4 aromatic carbocycles. The van der Waals surface area contributed by atoms with Crippen LogP contribution in [0.2, 0.25) is 10.0 Å². The van der Waals surface area contributed by atoms with Crippen LogP contribution in [0, 0.1) is 27.2 Å². The lowest BCUT2D eigenvalue weighted by Crippen LogP contribution is -2.53. The molecule has 1 N–H and O–H groups in total. The van der Waals surface area contributed by atoms with E-state index in [2.05, 4.69) is 22.6 Å². The SMILES string of the molecule is O=C1C2CC=C3C(CC4C(=O)N(c5cccc(Cl)c5)C(=O)C4(c4ccccc4)C3c3ccc(O)cc3Cl)C2C(=O)N1c1ccc(I)cc1. The largest absolute Gasteiger partial charge is 0.508 e. The second-order valence-corrected chi connectivity index (χ2v) is 14.9. The Bertz CT molecular complexity index is 2070. The number of aromatic hydroxyl groups is 1. The lowest BCUT2D eigenvalue weighted by atomic mass is 9.49. The number of nitrogens with zero attached hydrogens (tertiary/aromatic N) is 2. The minimum Gasteiger partial charge on any atom is -0.508 e. The standard InChI is InChI=1S/C38H27Cl2IN2O5/c39-21-7-4-8-24(17-21)43-35(46)30-19-29-26(15-16-28-32(29)36(47)42(34(28)45)23-11-9-22(41)10-12-23)33(27-14-13-25(44)18-31(27)40)38(30,37(43)48)20-5-2-1-3-6-20/h1-15,17-18,28-30,32-33,44H,16,19H2. The second kappa shape index (κ2) is 11.6. The summed E-state index contributed by atoms with van der Waals surface area (Å²) in [4.78, 5) is 60.9. The second-order valence-electron chi connectivity index (χ2n) is 12.8. The van der Waals surface area contributed by atoms with E-state index in [9.17, 15) is 19.5 Å². The Morgan fingerprint density at radius 3 is 2.21 bits per heavy atom. The summed E-state index contributed by atoms with van der Waals surface area (Å²) in [5, 5.41) is 11.0. The molecule has 0 bridgehead atoms. The number of halogens is 3. The molecule has 6 unspecified atom stereocenters. The molecule has 3 fully saturated rings. The molecule has 4 aromatic rings. The minimum atomic E-state index is -1.45. The maximum Gasteiger partial charge on any atom is 0.246 e. The first-order chi connectivity index (χ1) is 23.1. The molecule has 0 aromatic heterocycles. The van der Waals surface area contributed by atoms with Crippen molar-refractivity contribution in [3.05, 3.63) is 133 Å². The maximum atomic E-state index is 15.2. The fraction of sp³-hybridized carbons (Fsp3) is 0.211. The Morgan fingerprint density at radius 2 is 1.50 bits per heavy atom. The third kappa shape index (κ3) is 4.45. The van der Waals surface area contributed by atoms with Gasteiger partial charge in [0.25, 0.3) is 0 Å². The van der Waals surface area contributed by atoms with Gasteiger partial charge >= 0.3 is 0 Å².